The van der Waals surface area contributed by atoms with Crippen molar-refractivity contribution in [3.05, 3.63) is 76.6 Å². The molecule has 1 amide bonds. The molecule has 10 heteroatoms. The number of carbonyl (C=O) groups is 1. The van der Waals surface area contributed by atoms with Gasteiger partial charge in [-0.25, -0.2) is 10.4 Å². The van der Waals surface area contributed by atoms with Gasteiger partial charge in [-0.15, -0.1) is 0 Å². The highest BCUT2D eigenvalue weighted by Gasteiger charge is 2.12. The summed E-state index contributed by atoms with van der Waals surface area (Å²) in [6, 6.07) is 16.8. The molecule has 3 aromatic carbocycles. The number of fused-ring (bicyclic) bond motifs is 1. The van der Waals surface area contributed by atoms with E-state index in [0.717, 1.165) is 0 Å². The van der Waals surface area contributed by atoms with Crippen LogP contribution in [0.3, 0.4) is 0 Å². The summed E-state index contributed by atoms with van der Waals surface area (Å²) in [5.74, 6) is 0.884. The lowest BCUT2D eigenvalue weighted by Gasteiger charge is -2.12. The molecule has 10 nitrogen and oxygen atoms in total. The van der Waals surface area contributed by atoms with Gasteiger partial charge >= 0.3 is 0 Å². The van der Waals surface area contributed by atoms with Crippen molar-refractivity contribution in [1.82, 2.24) is 15.4 Å². The molecule has 0 atom stereocenters. The number of ether oxygens (including phenoxy) is 3. The molecule has 0 saturated carbocycles. The van der Waals surface area contributed by atoms with Gasteiger partial charge in [0.2, 0.25) is 0 Å². The zero-order chi connectivity index (χ0) is 24.8. The van der Waals surface area contributed by atoms with Gasteiger partial charge in [0.25, 0.3) is 11.5 Å². The maximum atomic E-state index is 12.4. The molecule has 178 valence electrons. The Bertz CT molecular complexity index is 1460. The number of benzene rings is 3. The average Bonchev–Trinajstić information content (AvgIpc) is 2.87. The molecule has 0 aliphatic rings. The summed E-state index contributed by atoms with van der Waals surface area (Å²) >= 11 is 0. The summed E-state index contributed by atoms with van der Waals surface area (Å²) in [5, 5.41) is 14.1. The molecule has 4 aromatic rings. The molecule has 0 aliphatic carbocycles. The number of amides is 1. The number of aromatic hydroxyl groups is 1. The Kier molecular flexibility index (Phi) is 6.91. The van der Waals surface area contributed by atoms with Crippen LogP contribution >= 0.6 is 0 Å². The molecule has 0 aliphatic heterocycles. The number of hydrogen-bond donors (Lipinski definition) is 3. The van der Waals surface area contributed by atoms with Crippen LogP contribution in [0.1, 0.15) is 5.56 Å². The summed E-state index contributed by atoms with van der Waals surface area (Å²) < 4.78 is 15.9. The van der Waals surface area contributed by atoms with E-state index in [2.05, 4.69) is 20.5 Å². The standard InChI is InChI=1S/C25H22N4O6/c1-33-20-9-7-15(11-19(20)30)13-26-29-23(31)14-35-21-10-8-16(12-22(21)34-2)24-27-18-6-4-3-5-17(18)25(32)28-24/h3-13,30H,14H2,1-2H3,(H,29,31)(H,27,28,32)/b26-13+. The summed E-state index contributed by atoms with van der Waals surface area (Å²) in [7, 11) is 2.92. The Hall–Kier alpha value is -4.86. The summed E-state index contributed by atoms with van der Waals surface area (Å²) in [6.45, 7) is -0.314. The van der Waals surface area contributed by atoms with E-state index in [9.17, 15) is 14.7 Å². The molecular formula is C25H22N4O6. The Labute approximate surface area is 199 Å². The van der Waals surface area contributed by atoms with Crippen LogP contribution in [0.15, 0.2) is 70.6 Å². The van der Waals surface area contributed by atoms with Crippen molar-refractivity contribution < 1.29 is 24.1 Å². The van der Waals surface area contributed by atoms with Crippen molar-refractivity contribution in [1.29, 1.82) is 0 Å². The monoisotopic (exact) mass is 474 g/mol. The number of para-hydroxylation sites is 1. The third kappa shape index (κ3) is 5.38. The van der Waals surface area contributed by atoms with Gasteiger partial charge in [-0.05, 0) is 54.1 Å². The van der Waals surface area contributed by atoms with E-state index in [1.165, 1.54) is 26.5 Å². The maximum Gasteiger partial charge on any atom is 0.277 e. The molecule has 0 saturated heterocycles. The van der Waals surface area contributed by atoms with E-state index in [0.29, 0.717) is 45.1 Å². The van der Waals surface area contributed by atoms with E-state index in [1.807, 2.05) is 6.07 Å². The number of phenolic OH excluding ortho intramolecular Hbond substituents is 1. The fourth-order valence-corrected chi connectivity index (χ4v) is 3.30. The Morgan fingerprint density at radius 3 is 2.60 bits per heavy atom. The number of hydrogen-bond acceptors (Lipinski definition) is 8. The molecular weight excluding hydrogens is 452 g/mol. The van der Waals surface area contributed by atoms with Crippen LogP contribution in [0.2, 0.25) is 0 Å². The molecule has 1 heterocycles. The second-order valence-electron chi connectivity index (χ2n) is 7.31. The van der Waals surface area contributed by atoms with Crippen LogP contribution in [-0.4, -0.2) is 48.0 Å². The average molecular weight is 474 g/mol. The molecule has 1 aromatic heterocycles. The van der Waals surface area contributed by atoms with Crippen molar-refractivity contribution >= 4 is 23.0 Å². The van der Waals surface area contributed by atoms with Crippen LogP contribution in [0.25, 0.3) is 22.3 Å². The number of nitrogens with one attached hydrogen (secondary N) is 2. The first-order valence-corrected chi connectivity index (χ1v) is 10.5. The number of H-pyrrole nitrogens is 1. The maximum absolute atomic E-state index is 12.4. The number of phenols is 1. The predicted molar refractivity (Wildman–Crippen MR) is 130 cm³/mol. The van der Waals surface area contributed by atoms with Crippen molar-refractivity contribution in [2.75, 3.05) is 20.8 Å². The van der Waals surface area contributed by atoms with Crippen LogP contribution in [-0.2, 0) is 4.79 Å². The van der Waals surface area contributed by atoms with Gasteiger partial charge in [-0.3, -0.25) is 9.59 Å². The van der Waals surface area contributed by atoms with Gasteiger partial charge in [0.05, 0.1) is 31.3 Å². The van der Waals surface area contributed by atoms with E-state index < -0.39 is 5.91 Å². The minimum atomic E-state index is -0.495. The molecule has 0 radical (unpaired) electrons. The first-order valence-electron chi connectivity index (χ1n) is 10.5. The number of aromatic nitrogens is 2. The second kappa shape index (κ2) is 10.4. The summed E-state index contributed by atoms with van der Waals surface area (Å²) in [4.78, 5) is 31.8. The minimum Gasteiger partial charge on any atom is -0.504 e. The van der Waals surface area contributed by atoms with Crippen molar-refractivity contribution in [3.8, 4) is 34.4 Å². The van der Waals surface area contributed by atoms with Crippen molar-refractivity contribution in [3.63, 3.8) is 0 Å². The highest BCUT2D eigenvalue weighted by Crippen LogP contribution is 2.31. The van der Waals surface area contributed by atoms with Gasteiger partial charge in [-0.2, -0.15) is 5.10 Å². The smallest absolute Gasteiger partial charge is 0.277 e. The zero-order valence-electron chi connectivity index (χ0n) is 18.9. The van der Waals surface area contributed by atoms with Gasteiger partial charge in [0, 0.05) is 5.56 Å². The van der Waals surface area contributed by atoms with E-state index in [1.54, 1.807) is 48.5 Å². The minimum absolute atomic E-state index is 0.0374. The number of nitrogens with zero attached hydrogens (tertiary/aromatic N) is 2. The van der Waals surface area contributed by atoms with E-state index >= 15 is 0 Å². The molecule has 0 fully saturated rings. The normalized spacial score (nSPS) is 10.9. The highest BCUT2D eigenvalue weighted by atomic mass is 16.5. The molecule has 35 heavy (non-hydrogen) atoms. The lowest BCUT2D eigenvalue weighted by molar-refractivity contribution is -0.123. The zero-order valence-corrected chi connectivity index (χ0v) is 18.9. The van der Waals surface area contributed by atoms with Crippen molar-refractivity contribution in [2.45, 2.75) is 0 Å². The van der Waals surface area contributed by atoms with Crippen LogP contribution in [0.5, 0.6) is 23.0 Å². The largest absolute Gasteiger partial charge is 0.504 e. The van der Waals surface area contributed by atoms with E-state index in [-0.39, 0.29) is 17.9 Å². The molecule has 0 spiro atoms. The molecule has 0 unspecified atom stereocenters. The quantitative estimate of drug-likeness (QED) is 0.264. The highest BCUT2D eigenvalue weighted by molar-refractivity contribution is 5.84. The van der Waals surface area contributed by atoms with Gasteiger partial charge in [0.1, 0.15) is 5.82 Å². The predicted octanol–water partition coefficient (Wildman–Crippen LogP) is 2.84. The van der Waals surface area contributed by atoms with E-state index in [4.69, 9.17) is 14.2 Å². The molecule has 0 bridgehead atoms. The second-order valence-corrected chi connectivity index (χ2v) is 7.31. The number of aromatic amines is 1. The first-order chi connectivity index (χ1) is 17.0. The Balaban J connectivity index is 1.41. The lowest BCUT2D eigenvalue weighted by atomic mass is 10.1. The fraction of sp³-hybridized carbons (Fsp3) is 0.120. The number of carbonyl (C=O) groups excluding carboxylic acids is 1. The van der Waals surface area contributed by atoms with Gasteiger partial charge < -0.3 is 24.3 Å². The number of methoxy groups -OCH3 is 2. The molecule has 3 N–H and O–H groups in total. The fourth-order valence-electron chi connectivity index (χ4n) is 3.30. The third-order valence-electron chi connectivity index (χ3n) is 5.01. The van der Waals surface area contributed by atoms with Crippen LogP contribution < -0.4 is 25.2 Å². The first kappa shape index (κ1) is 23.3. The van der Waals surface area contributed by atoms with Crippen LogP contribution in [0.4, 0.5) is 0 Å². The van der Waals surface area contributed by atoms with Crippen LogP contribution in [0, 0.1) is 0 Å². The number of rotatable bonds is 8. The third-order valence-corrected chi connectivity index (χ3v) is 5.01. The summed E-state index contributed by atoms with van der Waals surface area (Å²) in [6.07, 6.45) is 1.38. The Morgan fingerprint density at radius 1 is 1.06 bits per heavy atom. The van der Waals surface area contributed by atoms with Gasteiger partial charge in [0.15, 0.2) is 29.6 Å². The SMILES string of the molecule is COc1ccc(/C=N/NC(=O)COc2ccc(-c3nc4ccccc4c(=O)[nH]3)cc2OC)cc1O. The Morgan fingerprint density at radius 2 is 1.83 bits per heavy atom. The van der Waals surface area contributed by atoms with Gasteiger partial charge in [-0.1, -0.05) is 12.1 Å². The van der Waals surface area contributed by atoms with Crippen molar-refractivity contribution in [2.24, 2.45) is 5.10 Å². The number of hydrazone groups is 1. The topological polar surface area (TPSA) is 135 Å². The lowest BCUT2D eigenvalue weighted by Crippen LogP contribution is -2.24. The molecule has 4 rings (SSSR count). The summed E-state index contributed by atoms with van der Waals surface area (Å²) in [5.41, 5.74) is 3.87.